The molecule has 2 aromatic rings. The van der Waals surface area contributed by atoms with Crippen molar-refractivity contribution in [2.45, 2.75) is 164 Å². The average molecular weight is 1080 g/mol. The van der Waals surface area contributed by atoms with Crippen molar-refractivity contribution < 1.29 is 38.7 Å². The topological polar surface area (TPSA) is 166 Å². The Labute approximate surface area is 455 Å². The van der Waals surface area contributed by atoms with Crippen LogP contribution in [-0.4, -0.2) is 151 Å². The molecule has 6 rings (SSSR count). The summed E-state index contributed by atoms with van der Waals surface area (Å²) in [4.78, 5) is 30.7. The molecule has 0 bridgehead atoms. The van der Waals surface area contributed by atoms with Crippen LogP contribution in [-0.2, 0) is 30.1 Å². The van der Waals surface area contributed by atoms with Crippen molar-refractivity contribution in [1.82, 2.24) is 31.1 Å². The Bertz CT molecular complexity index is 1770. The highest BCUT2D eigenvalue weighted by atomic mass is 35.5. The standard InChI is InChI=1S/2C29H48ClN3O4/c2*1-31-20-26(18-22-11-13-27(37-3)14-12-22)32-28(34)33-16-7-9-24(21-33)29(35,15-4-5-17-36-2)23-8-6-10-25(30)19-23/h2*6,8,10,19,22,24,26-27,31,35H,4-5,7,9,11-18,20-21H2,1-3H3,(H,32,34)/t22-,24?,26-,27+,29+;22-,24-,26+,27+,29-/m01/s1. The third-order valence-electron chi connectivity index (χ3n) is 16.8. The van der Waals surface area contributed by atoms with Gasteiger partial charge in [-0.2, -0.15) is 0 Å². The number of carbonyl (C=O) groups excluding carboxylic acids is 2. The molecule has 0 aromatic heterocycles. The molecule has 4 amide bonds. The number of halogens is 2. The predicted octanol–water partition coefficient (Wildman–Crippen LogP) is 9.90. The van der Waals surface area contributed by atoms with Gasteiger partial charge in [-0.3, -0.25) is 0 Å². The number of aliphatic hydroxyl groups is 2. The van der Waals surface area contributed by atoms with Gasteiger partial charge in [-0.25, -0.2) is 9.59 Å². The monoisotopic (exact) mass is 1070 g/mol. The first kappa shape index (κ1) is 62.1. The number of piperidine rings is 2. The van der Waals surface area contributed by atoms with E-state index in [0.717, 1.165) is 140 Å². The van der Waals surface area contributed by atoms with Gasteiger partial charge in [0.05, 0.1) is 23.4 Å². The molecular formula is C58H96Cl2N6O8. The highest BCUT2D eigenvalue weighted by Gasteiger charge is 2.43. The molecule has 0 radical (unpaired) electrons. The highest BCUT2D eigenvalue weighted by molar-refractivity contribution is 6.30. The lowest BCUT2D eigenvalue weighted by atomic mass is 9.74. The number of ether oxygens (including phenoxy) is 4. The van der Waals surface area contributed by atoms with E-state index in [4.69, 9.17) is 42.1 Å². The van der Waals surface area contributed by atoms with Crippen LogP contribution in [0, 0.1) is 23.7 Å². The van der Waals surface area contributed by atoms with E-state index >= 15 is 0 Å². The summed E-state index contributed by atoms with van der Waals surface area (Å²) in [7, 11) is 10.9. The number of hydrogen-bond acceptors (Lipinski definition) is 10. The van der Waals surface area contributed by atoms with E-state index in [1.165, 1.54) is 0 Å². The fourth-order valence-electron chi connectivity index (χ4n) is 12.5. The van der Waals surface area contributed by atoms with Crippen molar-refractivity contribution >= 4 is 35.3 Å². The maximum atomic E-state index is 13.4. The molecule has 0 spiro atoms. The number of likely N-dealkylation sites (tertiary alicyclic amines) is 2. The molecule has 16 heteroatoms. The Balaban J connectivity index is 0.000000274. The lowest BCUT2D eigenvalue weighted by Crippen LogP contribution is -2.54. The minimum Gasteiger partial charge on any atom is -0.385 e. The molecule has 2 aliphatic carbocycles. The van der Waals surface area contributed by atoms with Crippen LogP contribution in [0.5, 0.6) is 0 Å². The Morgan fingerprint density at radius 3 is 1.34 bits per heavy atom. The average Bonchev–Trinajstić information content (AvgIpc) is 3.41. The van der Waals surface area contributed by atoms with E-state index in [9.17, 15) is 19.8 Å². The van der Waals surface area contributed by atoms with Gasteiger partial charge < -0.3 is 60.2 Å². The molecule has 6 atom stereocenters. The largest absolute Gasteiger partial charge is 0.385 e. The highest BCUT2D eigenvalue weighted by Crippen LogP contribution is 2.42. The maximum absolute atomic E-state index is 13.4. The zero-order valence-corrected chi connectivity index (χ0v) is 47.5. The van der Waals surface area contributed by atoms with Gasteiger partial charge in [0, 0.05) is 115 Å². The van der Waals surface area contributed by atoms with Crippen LogP contribution in [0.2, 0.25) is 10.0 Å². The number of nitrogens with zero attached hydrogens (tertiary/aromatic N) is 2. The summed E-state index contributed by atoms with van der Waals surface area (Å²) in [6, 6.07) is 15.3. The van der Waals surface area contributed by atoms with Crippen molar-refractivity contribution in [1.29, 1.82) is 0 Å². The first-order chi connectivity index (χ1) is 35.8. The molecule has 2 saturated carbocycles. The first-order valence-corrected chi connectivity index (χ1v) is 28.9. The zero-order chi connectivity index (χ0) is 53.4. The second-order valence-corrected chi connectivity index (χ2v) is 22.8. The summed E-state index contributed by atoms with van der Waals surface area (Å²) in [5.74, 6) is 1.11. The molecule has 74 heavy (non-hydrogen) atoms. The zero-order valence-electron chi connectivity index (χ0n) is 46.0. The van der Waals surface area contributed by atoms with Gasteiger partial charge in [0.1, 0.15) is 0 Å². The Kier molecular flexibility index (Phi) is 27.6. The molecule has 6 N–H and O–H groups in total. The second-order valence-electron chi connectivity index (χ2n) is 22.0. The van der Waals surface area contributed by atoms with E-state index < -0.39 is 11.2 Å². The number of urea groups is 2. The smallest absolute Gasteiger partial charge is 0.317 e. The first-order valence-electron chi connectivity index (χ1n) is 28.2. The summed E-state index contributed by atoms with van der Waals surface area (Å²) in [6.45, 7) is 5.33. The van der Waals surface area contributed by atoms with Crippen LogP contribution in [0.4, 0.5) is 9.59 Å². The van der Waals surface area contributed by atoms with Gasteiger partial charge in [0.15, 0.2) is 0 Å². The fraction of sp³-hybridized carbons (Fsp3) is 0.759. The third kappa shape index (κ3) is 19.3. The van der Waals surface area contributed by atoms with Crippen LogP contribution < -0.4 is 21.3 Å². The van der Waals surface area contributed by atoms with Crippen molar-refractivity contribution in [2.75, 3.05) is 95.0 Å². The minimum atomic E-state index is -1.04. The minimum absolute atomic E-state index is 0.0247. The van der Waals surface area contributed by atoms with Gasteiger partial charge in [0.25, 0.3) is 0 Å². The molecule has 2 saturated heterocycles. The number of methoxy groups -OCH3 is 4. The molecule has 2 aliphatic heterocycles. The number of likely N-dealkylation sites (N-methyl/N-ethyl adjacent to an activating group) is 2. The quantitative estimate of drug-likeness (QED) is 0.0500. The number of unbranched alkanes of at least 4 members (excludes halogenated alkanes) is 2. The van der Waals surface area contributed by atoms with E-state index in [2.05, 4.69) is 21.3 Å². The molecule has 2 aromatic carbocycles. The van der Waals surface area contributed by atoms with Crippen LogP contribution >= 0.6 is 23.2 Å². The van der Waals surface area contributed by atoms with E-state index in [-0.39, 0.29) is 36.0 Å². The van der Waals surface area contributed by atoms with Crippen molar-refractivity contribution in [2.24, 2.45) is 23.7 Å². The molecule has 14 nitrogen and oxygen atoms in total. The maximum Gasteiger partial charge on any atom is 0.317 e. The number of carbonyl (C=O) groups is 2. The molecular weight excluding hydrogens is 980 g/mol. The van der Waals surface area contributed by atoms with Gasteiger partial charge in [-0.15, -0.1) is 0 Å². The molecule has 4 aliphatic rings. The Morgan fingerprint density at radius 1 is 0.608 bits per heavy atom. The number of benzene rings is 2. The molecule has 4 fully saturated rings. The normalized spacial score (nSPS) is 24.9. The van der Waals surface area contributed by atoms with E-state index in [1.54, 1.807) is 28.4 Å². The SMILES string of the molecule is CNC[C@H](C[C@H]1CC[C@@H](OC)CC1)NC(=O)N1CCCC([C@@](O)(CCCCOC)c2cccc(Cl)c2)C1.CNC[C@H](C[C@H]1CC[C@@H](OC)CC1)NC(=O)N1CCC[C@@H]([C@@](O)(CCCCOC)c2cccc(Cl)c2)C1. The van der Waals surface area contributed by atoms with Crippen molar-refractivity contribution in [3.8, 4) is 0 Å². The van der Waals surface area contributed by atoms with Crippen LogP contribution in [0.3, 0.4) is 0 Å². The van der Waals surface area contributed by atoms with E-state index in [1.807, 2.05) is 72.4 Å². The molecule has 420 valence electrons. The molecule has 1 unspecified atom stereocenters. The predicted molar refractivity (Wildman–Crippen MR) is 298 cm³/mol. The number of amides is 4. The number of hydrogen-bond donors (Lipinski definition) is 6. The lowest BCUT2D eigenvalue weighted by molar-refractivity contribution is -0.0567. The fourth-order valence-corrected chi connectivity index (χ4v) is 12.9. The van der Waals surface area contributed by atoms with Crippen LogP contribution in [0.1, 0.15) is 140 Å². The van der Waals surface area contributed by atoms with Crippen LogP contribution in [0.15, 0.2) is 48.5 Å². The Morgan fingerprint density at radius 2 is 1.00 bits per heavy atom. The number of rotatable bonds is 26. The summed E-state index contributed by atoms with van der Waals surface area (Å²) in [5.41, 5.74) is -0.405. The summed E-state index contributed by atoms with van der Waals surface area (Å²) >= 11 is 12.6. The van der Waals surface area contributed by atoms with Crippen molar-refractivity contribution in [3.05, 3.63) is 69.7 Å². The van der Waals surface area contributed by atoms with E-state index in [0.29, 0.717) is 86.3 Å². The van der Waals surface area contributed by atoms with Gasteiger partial charge in [-0.1, -0.05) is 47.5 Å². The lowest BCUT2D eigenvalue weighted by Gasteiger charge is -2.43. The number of nitrogens with one attached hydrogen (secondary N) is 4. The summed E-state index contributed by atoms with van der Waals surface area (Å²) < 4.78 is 21.5. The summed E-state index contributed by atoms with van der Waals surface area (Å²) in [6.07, 6.45) is 19.9. The second kappa shape index (κ2) is 32.9. The third-order valence-corrected chi connectivity index (χ3v) is 17.2. The van der Waals surface area contributed by atoms with Gasteiger partial charge in [0.2, 0.25) is 0 Å². The molecule has 2 heterocycles. The van der Waals surface area contributed by atoms with Crippen molar-refractivity contribution in [3.63, 3.8) is 0 Å². The van der Waals surface area contributed by atoms with Crippen LogP contribution in [0.25, 0.3) is 0 Å². The Hall–Kier alpha value is -2.76. The van der Waals surface area contributed by atoms with Gasteiger partial charge >= 0.3 is 12.1 Å². The summed E-state index contributed by atoms with van der Waals surface area (Å²) in [5, 5.41) is 38.5. The van der Waals surface area contributed by atoms with Gasteiger partial charge in [-0.05, 0) is 190 Å².